The quantitative estimate of drug-likeness (QED) is 0.804. The molecule has 0 heterocycles. The highest BCUT2D eigenvalue weighted by molar-refractivity contribution is 5.94. The summed E-state index contributed by atoms with van der Waals surface area (Å²) in [5.41, 5.74) is 3.60. The van der Waals surface area contributed by atoms with Gasteiger partial charge in [-0.1, -0.05) is 18.2 Å². The van der Waals surface area contributed by atoms with E-state index in [2.05, 4.69) is 5.32 Å². The number of carbonyl (C=O) groups is 2. The molecule has 0 unspecified atom stereocenters. The molecule has 1 radical (unpaired) electrons. The highest BCUT2D eigenvalue weighted by atomic mass is 19.3. The second-order valence-electron chi connectivity index (χ2n) is 5.54. The van der Waals surface area contributed by atoms with Gasteiger partial charge < -0.3 is 11.1 Å². The molecule has 1 aromatic rings. The van der Waals surface area contributed by atoms with Crippen molar-refractivity contribution in [3.63, 3.8) is 0 Å². The predicted molar refractivity (Wildman–Crippen MR) is 78.1 cm³/mol. The van der Waals surface area contributed by atoms with Gasteiger partial charge in [-0.15, -0.1) is 0 Å². The Morgan fingerprint density at radius 3 is 2.61 bits per heavy atom. The summed E-state index contributed by atoms with van der Waals surface area (Å²) >= 11 is 0. The molecule has 0 spiro atoms. The van der Waals surface area contributed by atoms with Crippen LogP contribution in [0.4, 0.5) is 8.78 Å². The standard InChI is InChI=1S/C16H16F2N3O2/c17-16(18,12-5-2-1-4-11(12)14(20)23)7-3-6-13(22)21-15(10-19)8-9-15/h1-2,4-6H,3,7-9H2,(H2,20,23)(H,21,22). The van der Waals surface area contributed by atoms with Crippen molar-refractivity contribution in [2.75, 3.05) is 0 Å². The van der Waals surface area contributed by atoms with Gasteiger partial charge in [0, 0.05) is 24.0 Å². The molecule has 2 rings (SSSR count). The van der Waals surface area contributed by atoms with E-state index in [1.807, 2.05) is 6.07 Å². The van der Waals surface area contributed by atoms with E-state index in [0.29, 0.717) is 12.8 Å². The summed E-state index contributed by atoms with van der Waals surface area (Å²) < 4.78 is 28.5. The number of rotatable bonds is 7. The van der Waals surface area contributed by atoms with Gasteiger partial charge in [0.1, 0.15) is 5.54 Å². The Balaban J connectivity index is 1.93. The van der Waals surface area contributed by atoms with E-state index in [0.717, 1.165) is 12.5 Å². The van der Waals surface area contributed by atoms with Crippen LogP contribution in [0, 0.1) is 17.8 Å². The van der Waals surface area contributed by atoms with Crippen LogP contribution in [0.15, 0.2) is 24.3 Å². The number of alkyl halides is 2. The van der Waals surface area contributed by atoms with Crippen molar-refractivity contribution in [2.24, 2.45) is 5.73 Å². The number of hydrogen-bond acceptors (Lipinski definition) is 3. The van der Waals surface area contributed by atoms with Crippen LogP contribution in [0.25, 0.3) is 0 Å². The lowest BCUT2D eigenvalue weighted by Crippen LogP contribution is -2.35. The van der Waals surface area contributed by atoms with Crippen molar-refractivity contribution in [3.05, 3.63) is 41.8 Å². The molecule has 0 aliphatic heterocycles. The number of carbonyl (C=O) groups excluding carboxylic acids is 2. The van der Waals surface area contributed by atoms with Crippen molar-refractivity contribution in [1.29, 1.82) is 5.26 Å². The van der Waals surface area contributed by atoms with Gasteiger partial charge in [-0.3, -0.25) is 9.59 Å². The average molecular weight is 320 g/mol. The van der Waals surface area contributed by atoms with Crippen molar-refractivity contribution < 1.29 is 18.4 Å². The molecular weight excluding hydrogens is 304 g/mol. The first-order valence-corrected chi connectivity index (χ1v) is 7.13. The zero-order valence-corrected chi connectivity index (χ0v) is 12.3. The molecule has 23 heavy (non-hydrogen) atoms. The molecule has 1 fully saturated rings. The van der Waals surface area contributed by atoms with Crippen LogP contribution >= 0.6 is 0 Å². The first-order valence-electron chi connectivity index (χ1n) is 7.13. The third-order valence-electron chi connectivity index (χ3n) is 3.70. The second kappa shape index (κ2) is 6.32. The van der Waals surface area contributed by atoms with E-state index < -0.39 is 35.3 Å². The molecule has 1 saturated carbocycles. The number of nitriles is 1. The number of halogens is 2. The molecule has 0 atom stereocenters. The Morgan fingerprint density at radius 1 is 1.39 bits per heavy atom. The van der Waals surface area contributed by atoms with Crippen LogP contribution in [0.1, 0.15) is 41.6 Å². The first-order chi connectivity index (χ1) is 10.8. The number of primary amides is 1. The van der Waals surface area contributed by atoms with Crippen LogP contribution in [-0.2, 0) is 10.7 Å². The maximum Gasteiger partial charge on any atom is 0.274 e. The summed E-state index contributed by atoms with van der Waals surface area (Å²) in [6.07, 6.45) is 1.42. The summed E-state index contributed by atoms with van der Waals surface area (Å²) in [6, 6.07) is 7.23. The normalized spacial score (nSPS) is 15.5. The molecular formula is C16H16F2N3O2. The number of nitrogens with zero attached hydrogens (tertiary/aromatic N) is 1. The van der Waals surface area contributed by atoms with Gasteiger partial charge in [0.25, 0.3) is 5.92 Å². The molecule has 1 aromatic carbocycles. The monoisotopic (exact) mass is 320 g/mol. The molecule has 0 bridgehead atoms. The van der Waals surface area contributed by atoms with Gasteiger partial charge >= 0.3 is 0 Å². The SMILES string of the molecule is N#CC1(NC(=O)[CH]CCC(F)(F)c2ccccc2C(N)=O)CC1. The lowest BCUT2D eigenvalue weighted by Gasteiger charge is -2.19. The van der Waals surface area contributed by atoms with E-state index in [-0.39, 0.29) is 12.0 Å². The molecule has 7 heteroatoms. The molecule has 3 N–H and O–H groups in total. The number of amides is 2. The molecule has 5 nitrogen and oxygen atoms in total. The number of nitrogens with two attached hydrogens (primary N) is 1. The lowest BCUT2D eigenvalue weighted by atomic mass is 9.97. The highest BCUT2D eigenvalue weighted by Gasteiger charge is 2.44. The summed E-state index contributed by atoms with van der Waals surface area (Å²) in [4.78, 5) is 22.9. The zero-order chi connectivity index (χ0) is 17.1. The van der Waals surface area contributed by atoms with E-state index >= 15 is 0 Å². The Hall–Kier alpha value is -2.49. The van der Waals surface area contributed by atoms with Gasteiger partial charge in [0.05, 0.1) is 6.07 Å². The van der Waals surface area contributed by atoms with Crippen LogP contribution in [0.2, 0.25) is 0 Å². The lowest BCUT2D eigenvalue weighted by molar-refractivity contribution is -0.118. The molecule has 2 amide bonds. The third kappa shape index (κ3) is 4.03. The van der Waals surface area contributed by atoms with Crippen LogP contribution in [-0.4, -0.2) is 17.4 Å². The predicted octanol–water partition coefficient (Wildman–Crippen LogP) is 2.03. The first kappa shape index (κ1) is 16.9. The van der Waals surface area contributed by atoms with Crippen molar-refractivity contribution in [2.45, 2.75) is 37.1 Å². The Bertz CT molecular complexity index is 664. The van der Waals surface area contributed by atoms with Crippen molar-refractivity contribution in [3.8, 4) is 6.07 Å². The van der Waals surface area contributed by atoms with Crippen LogP contribution in [0.5, 0.6) is 0 Å². The summed E-state index contributed by atoms with van der Waals surface area (Å²) in [7, 11) is 0. The maximum atomic E-state index is 14.2. The Labute approximate surface area is 132 Å². The molecule has 1 aliphatic carbocycles. The van der Waals surface area contributed by atoms with E-state index in [4.69, 9.17) is 11.0 Å². The second-order valence-corrected chi connectivity index (χ2v) is 5.54. The van der Waals surface area contributed by atoms with E-state index in [9.17, 15) is 18.4 Å². The van der Waals surface area contributed by atoms with Crippen molar-refractivity contribution >= 4 is 11.8 Å². The third-order valence-corrected chi connectivity index (χ3v) is 3.70. The average Bonchev–Trinajstić information content (AvgIpc) is 3.27. The summed E-state index contributed by atoms with van der Waals surface area (Å²) in [6.45, 7) is 0. The largest absolute Gasteiger partial charge is 0.366 e. The number of benzene rings is 1. The fraction of sp³-hybridized carbons (Fsp3) is 0.375. The van der Waals surface area contributed by atoms with E-state index in [1.165, 1.54) is 18.2 Å². The van der Waals surface area contributed by atoms with Crippen LogP contribution < -0.4 is 11.1 Å². The minimum atomic E-state index is -3.28. The molecule has 121 valence electrons. The molecule has 0 saturated heterocycles. The number of hydrogen-bond donors (Lipinski definition) is 2. The zero-order valence-electron chi connectivity index (χ0n) is 12.3. The fourth-order valence-corrected chi connectivity index (χ4v) is 2.21. The Morgan fingerprint density at radius 2 is 2.04 bits per heavy atom. The fourth-order valence-electron chi connectivity index (χ4n) is 2.21. The Kier molecular flexibility index (Phi) is 4.64. The number of nitrogens with one attached hydrogen (secondary N) is 1. The topological polar surface area (TPSA) is 96.0 Å². The molecule has 0 aromatic heterocycles. The van der Waals surface area contributed by atoms with E-state index in [1.54, 1.807) is 0 Å². The minimum absolute atomic E-state index is 0.187. The maximum absolute atomic E-state index is 14.2. The van der Waals surface area contributed by atoms with Gasteiger partial charge in [-0.25, -0.2) is 8.78 Å². The van der Waals surface area contributed by atoms with Crippen LogP contribution in [0.3, 0.4) is 0 Å². The van der Waals surface area contributed by atoms with Crippen molar-refractivity contribution in [1.82, 2.24) is 5.32 Å². The van der Waals surface area contributed by atoms with Gasteiger partial charge in [0.2, 0.25) is 11.8 Å². The minimum Gasteiger partial charge on any atom is -0.366 e. The van der Waals surface area contributed by atoms with Gasteiger partial charge in [0.15, 0.2) is 0 Å². The summed E-state index contributed by atoms with van der Waals surface area (Å²) in [5.74, 6) is -4.75. The highest BCUT2D eigenvalue weighted by Crippen LogP contribution is 2.36. The summed E-state index contributed by atoms with van der Waals surface area (Å²) in [5, 5.41) is 11.3. The smallest absolute Gasteiger partial charge is 0.274 e. The van der Waals surface area contributed by atoms with Gasteiger partial charge in [-0.2, -0.15) is 5.26 Å². The molecule has 1 aliphatic rings. The van der Waals surface area contributed by atoms with Gasteiger partial charge in [-0.05, 0) is 25.3 Å².